The van der Waals surface area contributed by atoms with E-state index < -0.39 is 10.0 Å². The van der Waals surface area contributed by atoms with Crippen molar-refractivity contribution >= 4 is 33.4 Å². The molecule has 1 amide bonds. The van der Waals surface area contributed by atoms with Gasteiger partial charge < -0.3 is 4.90 Å². The van der Waals surface area contributed by atoms with Gasteiger partial charge >= 0.3 is 0 Å². The summed E-state index contributed by atoms with van der Waals surface area (Å²) in [6, 6.07) is 12.9. The van der Waals surface area contributed by atoms with E-state index in [1.165, 1.54) is 12.5 Å². The van der Waals surface area contributed by atoms with E-state index in [2.05, 4.69) is 17.7 Å². The van der Waals surface area contributed by atoms with E-state index in [9.17, 15) is 13.2 Å². The third-order valence-electron chi connectivity index (χ3n) is 5.35. The van der Waals surface area contributed by atoms with Gasteiger partial charge in [-0.05, 0) is 48.6 Å². The van der Waals surface area contributed by atoms with Crippen molar-refractivity contribution in [2.45, 2.75) is 54.2 Å². The van der Waals surface area contributed by atoms with Crippen LogP contribution in [0.4, 0.5) is 5.69 Å². The first-order valence-corrected chi connectivity index (χ1v) is 11.9. The molecule has 2 aromatic rings. The van der Waals surface area contributed by atoms with Gasteiger partial charge in [0.05, 0.1) is 10.6 Å². The van der Waals surface area contributed by atoms with Gasteiger partial charge in [-0.1, -0.05) is 31.2 Å². The number of anilines is 1. The van der Waals surface area contributed by atoms with Crippen molar-refractivity contribution < 1.29 is 13.2 Å². The molecule has 2 aliphatic rings. The van der Waals surface area contributed by atoms with E-state index >= 15 is 0 Å². The highest BCUT2D eigenvalue weighted by molar-refractivity contribution is 8.00. The molecule has 0 saturated heterocycles. The SMILES string of the molecule is CC(=O)N1C[C@@H](C)Sc2ccc(S(=O)(=O)N[C@H]3CCCc4ccccc43)cc21. The van der Waals surface area contributed by atoms with Crippen LogP contribution in [0, 0.1) is 0 Å². The molecule has 1 aliphatic carbocycles. The predicted octanol–water partition coefficient (Wildman–Crippen LogP) is 3.89. The molecule has 0 saturated carbocycles. The average Bonchev–Trinajstić information content (AvgIpc) is 2.67. The number of fused-ring (bicyclic) bond motifs is 2. The van der Waals surface area contributed by atoms with Crippen LogP contribution >= 0.6 is 11.8 Å². The molecule has 1 heterocycles. The first-order valence-electron chi connectivity index (χ1n) is 9.54. The minimum Gasteiger partial charge on any atom is -0.310 e. The maximum Gasteiger partial charge on any atom is 0.241 e. The number of rotatable bonds is 3. The highest BCUT2D eigenvalue weighted by Crippen LogP contribution is 2.40. The summed E-state index contributed by atoms with van der Waals surface area (Å²) in [5.74, 6) is -0.0721. The number of aryl methyl sites for hydroxylation is 1. The Balaban J connectivity index is 1.66. The quantitative estimate of drug-likeness (QED) is 0.824. The van der Waals surface area contributed by atoms with Gasteiger partial charge in [0.25, 0.3) is 0 Å². The van der Waals surface area contributed by atoms with Crippen LogP contribution in [0.3, 0.4) is 0 Å². The molecule has 0 radical (unpaired) electrons. The minimum absolute atomic E-state index is 0.0721. The Hall–Kier alpha value is -1.83. The molecule has 2 atom stereocenters. The van der Waals surface area contributed by atoms with Gasteiger partial charge in [0.2, 0.25) is 15.9 Å². The second-order valence-electron chi connectivity index (χ2n) is 7.45. The van der Waals surface area contributed by atoms with E-state index in [0.717, 1.165) is 29.7 Å². The van der Waals surface area contributed by atoms with Gasteiger partial charge in [-0.3, -0.25) is 4.79 Å². The molecule has 2 aromatic carbocycles. The number of carbonyl (C=O) groups excluding carboxylic acids is 1. The summed E-state index contributed by atoms with van der Waals surface area (Å²) < 4.78 is 29.1. The van der Waals surface area contributed by atoms with Crippen molar-refractivity contribution in [2.24, 2.45) is 0 Å². The molecular weight excluding hydrogens is 392 g/mol. The van der Waals surface area contributed by atoms with Crippen molar-refractivity contribution in [1.29, 1.82) is 0 Å². The van der Waals surface area contributed by atoms with Crippen LogP contribution in [-0.4, -0.2) is 26.1 Å². The maximum atomic E-state index is 13.1. The number of hydrogen-bond acceptors (Lipinski definition) is 4. The second kappa shape index (κ2) is 7.54. The van der Waals surface area contributed by atoms with Gasteiger partial charge in [0, 0.05) is 29.7 Å². The number of nitrogens with zero attached hydrogens (tertiary/aromatic N) is 1. The maximum absolute atomic E-state index is 13.1. The molecule has 0 spiro atoms. The van der Waals surface area contributed by atoms with E-state index in [1.54, 1.807) is 28.8 Å². The highest BCUT2D eigenvalue weighted by Gasteiger charge is 2.29. The summed E-state index contributed by atoms with van der Waals surface area (Å²) in [4.78, 5) is 14.9. The molecule has 0 unspecified atom stereocenters. The average molecular weight is 417 g/mol. The molecule has 0 fully saturated rings. The molecule has 5 nitrogen and oxygen atoms in total. The molecule has 0 bridgehead atoms. The van der Waals surface area contributed by atoms with Gasteiger partial charge in [-0.2, -0.15) is 0 Å². The first kappa shape index (κ1) is 19.5. The van der Waals surface area contributed by atoms with Gasteiger partial charge in [0.1, 0.15) is 0 Å². The fourth-order valence-electron chi connectivity index (χ4n) is 4.01. The zero-order valence-electron chi connectivity index (χ0n) is 16.0. The van der Waals surface area contributed by atoms with Crippen LogP contribution in [0.15, 0.2) is 52.3 Å². The van der Waals surface area contributed by atoms with E-state index in [0.29, 0.717) is 12.2 Å². The van der Waals surface area contributed by atoms with Crippen molar-refractivity contribution in [2.75, 3.05) is 11.4 Å². The Morgan fingerprint density at radius 1 is 1.21 bits per heavy atom. The Morgan fingerprint density at radius 3 is 2.79 bits per heavy atom. The van der Waals surface area contributed by atoms with Crippen molar-refractivity contribution in [1.82, 2.24) is 4.72 Å². The largest absolute Gasteiger partial charge is 0.310 e. The Kier molecular flexibility index (Phi) is 5.24. The summed E-state index contributed by atoms with van der Waals surface area (Å²) in [7, 11) is -3.70. The lowest BCUT2D eigenvalue weighted by molar-refractivity contribution is -0.116. The van der Waals surface area contributed by atoms with Gasteiger partial charge in [-0.15, -0.1) is 11.8 Å². The van der Waals surface area contributed by atoms with Crippen molar-refractivity contribution in [3.8, 4) is 0 Å². The normalized spacial score (nSPS) is 21.7. The fraction of sp³-hybridized carbons (Fsp3) is 0.381. The van der Waals surface area contributed by atoms with Crippen LogP contribution < -0.4 is 9.62 Å². The Bertz CT molecular complexity index is 1020. The summed E-state index contributed by atoms with van der Waals surface area (Å²) >= 11 is 1.67. The van der Waals surface area contributed by atoms with Crippen LogP contribution in [0.1, 0.15) is 43.9 Å². The fourth-order valence-corrected chi connectivity index (χ4v) is 6.38. The number of sulfonamides is 1. The summed E-state index contributed by atoms with van der Waals surface area (Å²) in [5.41, 5.74) is 2.95. The monoisotopic (exact) mass is 416 g/mol. The smallest absolute Gasteiger partial charge is 0.241 e. The summed E-state index contributed by atoms with van der Waals surface area (Å²) in [5, 5.41) is 0.274. The Morgan fingerprint density at radius 2 is 2.00 bits per heavy atom. The predicted molar refractivity (Wildman–Crippen MR) is 112 cm³/mol. The van der Waals surface area contributed by atoms with E-state index in [1.807, 2.05) is 24.3 Å². The molecule has 0 aromatic heterocycles. The van der Waals surface area contributed by atoms with Gasteiger partial charge in [0.15, 0.2) is 0 Å². The van der Waals surface area contributed by atoms with Crippen molar-refractivity contribution in [3.63, 3.8) is 0 Å². The van der Waals surface area contributed by atoms with Crippen LogP contribution in [0.5, 0.6) is 0 Å². The number of benzene rings is 2. The van der Waals surface area contributed by atoms with Crippen LogP contribution in [-0.2, 0) is 21.2 Å². The lowest BCUT2D eigenvalue weighted by atomic mass is 9.88. The second-order valence-corrected chi connectivity index (χ2v) is 10.6. The Labute approximate surface area is 170 Å². The summed E-state index contributed by atoms with van der Waals surface area (Å²) in [6.45, 7) is 4.17. The summed E-state index contributed by atoms with van der Waals surface area (Å²) in [6.07, 6.45) is 2.73. The number of amides is 1. The molecule has 1 aliphatic heterocycles. The molecule has 4 rings (SSSR count). The van der Waals surface area contributed by atoms with Gasteiger partial charge in [-0.25, -0.2) is 13.1 Å². The van der Waals surface area contributed by atoms with Crippen LogP contribution in [0.2, 0.25) is 0 Å². The zero-order valence-corrected chi connectivity index (χ0v) is 17.6. The van der Waals surface area contributed by atoms with Crippen molar-refractivity contribution in [3.05, 3.63) is 53.6 Å². The molecule has 28 heavy (non-hydrogen) atoms. The first-order chi connectivity index (χ1) is 13.3. The topological polar surface area (TPSA) is 66.5 Å². The molecule has 7 heteroatoms. The minimum atomic E-state index is -3.70. The third-order valence-corrected chi connectivity index (χ3v) is 7.97. The molecule has 148 valence electrons. The van der Waals surface area contributed by atoms with E-state index in [4.69, 9.17) is 0 Å². The van der Waals surface area contributed by atoms with E-state index in [-0.39, 0.29) is 22.1 Å². The lowest BCUT2D eigenvalue weighted by Gasteiger charge is -2.32. The third kappa shape index (κ3) is 3.71. The number of nitrogens with one attached hydrogen (secondary N) is 1. The number of thioether (sulfide) groups is 1. The van der Waals surface area contributed by atoms with Crippen LogP contribution in [0.25, 0.3) is 0 Å². The number of carbonyl (C=O) groups is 1. The standard InChI is InChI=1S/C21H24N2O3S2/c1-14-13-23(15(2)24)20-12-17(10-11-21(20)27-14)28(25,26)22-19-9-5-7-16-6-3-4-8-18(16)19/h3-4,6,8,10-12,14,19,22H,5,7,9,13H2,1-2H3/t14-,19+/m1/s1. The molecule has 1 N–H and O–H groups in total. The molecular formula is C21H24N2O3S2. The highest BCUT2D eigenvalue weighted by atomic mass is 32.2. The number of hydrogen-bond donors (Lipinski definition) is 1. The lowest BCUT2D eigenvalue weighted by Crippen LogP contribution is -2.37. The zero-order chi connectivity index (χ0) is 19.9.